The van der Waals surface area contributed by atoms with Crippen LogP contribution in [0.2, 0.25) is 0 Å². The number of thioether (sulfide) groups is 1. The fourth-order valence-corrected chi connectivity index (χ4v) is 3.86. The lowest BCUT2D eigenvalue weighted by atomic mass is 10.2. The second kappa shape index (κ2) is 5.95. The molecule has 1 heterocycles. The van der Waals surface area contributed by atoms with Crippen LogP contribution in [0.3, 0.4) is 0 Å². The molecule has 1 aliphatic rings. The van der Waals surface area contributed by atoms with Crippen molar-refractivity contribution in [1.82, 2.24) is 4.72 Å². The van der Waals surface area contributed by atoms with Gasteiger partial charge in [-0.15, -0.1) is 0 Å². The van der Waals surface area contributed by atoms with Crippen LogP contribution in [0, 0.1) is 0 Å². The maximum Gasteiger partial charge on any atom is 0.211 e. The number of aliphatic hydroxyl groups excluding tert-OH is 1. The van der Waals surface area contributed by atoms with Crippen LogP contribution in [0.25, 0.3) is 0 Å². The summed E-state index contributed by atoms with van der Waals surface area (Å²) in [6.07, 6.45) is 2.16. The quantitative estimate of drug-likeness (QED) is 0.718. The maximum absolute atomic E-state index is 11.4. The maximum atomic E-state index is 11.4. The molecular formula is C8H17NO3S2. The minimum atomic E-state index is -3.16. The highest BCUT2D eigenvalue weighted by atomic mass is 32.2. The van der Waals surface area contributed by atoms with Gasteiger partial charge in [0.1, 0.15) is 0 Å². The summed E-state index contributed by atoms with van der Waals surface area (Å²) in [6, 6.07) is 0.111. The molecule has 0 aromatic heterocycles. The summed E-state index contributed by atoms with van der Waals surface area (Å²) in [4.78, 5) is 0. The number of hydrogen-bond acceptors (Lipinski definition) is 4. The SMILES string of the molecule is O=S(=O)(CCCO)NC1CCSCC1. The van der Waals surface area contributed by atoms with Crippen LogP contribution in [-0.2, 0) is 10.0 Å². The molecule has 0 radical (unpaired) electrons. The van der Waals surface area contributed by atoms with Crippen LogP contribution in [0.1, 0.15) is 19.3 Å². The molecule has 0 aliphatic carbocycles. The van der Waals surface area contributed by atoms with Gasteiger partial charge in [0.25, 0.3) is 0 Å². The van der Waals surface area contributed by atoms with Crippen molar-refractivity contribution in [3.63, 3.8) is 0 Å². The van der Waals surface area contributed by atoms with Gasteiger partial charge < -0.3 is 5.11 Å². The van der Waals surface area contributed by atoms with Crippen LogP contribution in [0.4, 0.5) is 0 Å². The highest BCUT2D eigenvalue weighted by Crippen LogP contribution is 2.17. The Kier molecular flexibility index (Phi) is 5.22. The van der Waals surface area contributed by atoms with Crippen molar-refractivity contribution in [1.29, 1.82) is 0 Å². The first-order valence-corrected chi connectivity index (χ1v) is 7.63. The van der Waals surface area contributed by atoms with Gasteiger partial charge in [-0.2, -0.15) is 11.8 Å². The molecule has 6 heteroatoms. The third-order valence-corrected chi connectivity index (χ3v) is 4.71. The topological polar surface area (TPSA) is 66.4 Å². The average molecular weight is 239 g/mol. The Bertz CT molecular complexity index is 247. The number of sulfonamides is 1. The summed E-state index contributed by atoms with van der Waals surface area (Å²) in [7, 11) is -3.16. The molecule has 0 bridgehead atoms. The largest absolute Gasteiger partial charge is 0.396 e. The van der Waals surface area contributed by atoms with Gasteiger partial charge in [0, 0.05) is 12.6 Å². The van der Waals surface area contributed by atoms with Crippen molar-refractivity contribution < 1.29 is 13.5 Å². The zero-order chi connectivity index (χ0) is 10.4. The lowest BCUT2D eigenvalue weighted by Crippen LogP contribution is -2.38. The third-order valence-electron chi connectivity index (χ3n) is 2.14. The molecular weight excluding hydrogens is 222 g/mol. The Morgan fingerprint density at radius 1 is 1.36 bits per heavy atom. The van der Waals surface area contributed by atoms with Crippen molar-refractivity contribution >= 4 is 21.8 Å². The second-order valence-electron chi connectivity index (χ2n) is 3.40. The van der Waals surface area contributed by atoms with E-state index in [1.807, 2.05) is 11.8 Å². The zero-order valence-corrected chi connectivity index (χ0v) is 9.74. The molecule has 0 atom stereocenters. The van der Waals surface area contributed by atoms with E-state index in [0.717, 1.165) is 24.3 Å². The van der Waals surface area contributed by atoms with Gasteiger partial charge in [0.2, 0.25) is 10.0 Å². The molecule has 0 aromatic carbocycles. The van der Waals surface area contributed by atoms with Crippen molar-refractivity contribution in [2.75, 3.05) is 23.9 Å². The molecule has 1 saturated heterocycles. The first-order valence-electron chi connectivity index (χ1n) is 4.82. The van der Waals surface area contributed by atoms with Gasteiger partial charge in [-0.3, -0.25) is 0 Å². The van der Waals surface area contributed by atoms with Crippen molar-refractivity contribution in [2.24, 2.45) is 0 Å². The fraction of sp³-hybridized carbons (Fsp3) is 1.00. The van der Waals surface area contributed by atoms with Crippen LogP contribution in [0.15, 0.2) is 0 Å². The van der Waals surface area contributed by atoms with Gasteiger partial charge in [-0.1, -0.05) is 0 Å². The molecule has 0 unspecified atom stereocenters. The predicted molar refractivity (Wildman–Crippen MR) is 59.0 cm³/mol. The predicted octanol–water partition coefficient (Wildman–Crippen LogP) is 0.184. The molecule has 1 aliphatic heterocycles. The summed E-state index contributed by atoms with van der Waals surface area (Å²) in [5, 5.41) is 8.54. The minimum absolute atomic E-state index is 0.0349. The molecule has 1 rings (SSSR count). The lowest BCUT2D eigenvalue weighted by molar-refractivity contribution is 0.295. The van der Waals surface area contributed by atoms with Gasteiger partial charge in [-0.25, -0.2) is 13.1 Å². The normalized spacial score (nSPS) is 19.8. The van der Waals surface area contributed by atoms with E-state index in [4.69, 9.17) is 5.11 Å². The van der Waals surface area contributed by atoms with Gasteiger partial charge in [-0.05, 0) is 30.8 Å². The number of rotatable bonds is 5. The Morgan fingerprint density at radius 3 is 2.57 bits per heavy atom. The minimum Gasteiger partial charge on any atom is -0.396 e. The van der Waals surface area contributed by atoms with Gasteiger partial charge in [0.05, 0.1) is 5.75 Å². The third kappa shape index (κ3) is 4.63. The smallest absolute Gasteiger partial charge is 0.211 e. The van der Waals surface area contributed by atoms with E-state index in [1.165, 1.54) is 0 Å². The molecule has 0 spiro atoms. The second-order valence-corrected chi connectivity index (χ2v) is 6.50. The van der Waals surface area contributed by atoms with E-state index >= 15 is 0 Å². The Labute approximate surface area is 89.5 Å². The number of hydrogen-bond donors (Lipinski definition) is 2. The molecule has 0 aromatic rings. The van der Waals surface area contributed by atoms with Crippen LogP contribution in [-0.4, -0.2) is 43.4 Å². The summed E-state index contributed by atoms with van der Waals surface area (Å²) in [6.45, 7) is -0.0680. The van der Waals surface area contributed by atoms with Crippen molar-refractivity contribution in [2.45, 2.75) is 25.3 Å². The van der Waals surface area contributed by atoms with E-state index in [0.29, 0.717) is 6.42 Å². The monoisotopic (exact) mass is 239 g/mol. The first kappa shape index (κ1) is 12.3. The van der Waals surface area contributed by atoms with Gasteiger partial charge >= 0.3 is 0 Å². The van der Waals surface area contributed by atoms with Gasteiger partial charge in [0.15, 0.2) is 0 Å². The first-order chi connectivity index (χ1) is 6.64. The molecule has 1 fully saturated rings. The Balaban J connectivity index is 2.33. The molecule has 0 saturated carbocycles. The molecule has 84 valence electrons. The highest BCUT2D eigenvalue weighted by molar-refractivity contribution is 7.99. The highest BCUT2D eigenvalue weighted by Gasteiger charge is 2.19. The van der Waals surface area contributed by atoms with Crippen molar-refractivity contribution in [3.8, 4) is 0 Å². The lowest BCUT2D eigenvalue weighted by Gasteiger charge is -2.22. The molecule has 0 amide bonds. The van der Waals surface area contributed by atoms with E-state index < -0.39 is 10.0 Å². The molecule has 14 heavy (non-hydrogen) atoms. The van der Waals surface area contributed by atoms with E-state index in [1.54, 1.807) is 0 Å². The zero-order valence-electron chi connectivity index (χ0n) is 8.11. The summed E-state index contributed by atoms with van der Waals surface area (Å²) >= 11 is 1.87. The summed E-state index contributed by atoms with van der Waals surface area (Å²) < 4.78 is 25.5. The van der Waals surface area contributed by atoms with E-state index in [9.17, 15) is 8.42 Å². The summed E-state index contributed by atoms with van der Waals surface area (Å²) in [5.41, 5.74) is 0. The molecule has 2 N–H and O–H groups in total. The fourth-order valence-electron chi connectivity index (χ4n) is 1.38. The standard InChI is InChI=1S/C8H17NO3S2/c10-4-1-7-14(11,12)9-8-2-5-13-6-3-8/h8-10H,1-7H2. The molecule has 4 nitrogen and oxygen atoms in total. The van der Waals surface area contributed by atoms with E-state index in [2.05, 4.69) is 4.72 Å². The average Bonchev–Trinajstić information content (AvgIpc) is 2.16. The summed E-state index contributed by atoms with van der Waals surface area (Å²) in [5.74, 6) is 2.10. The number of nitrogens with one attached hydrogen (secondary N) is 1. The van der Waals surface area contributed by atoms with E-state index in [-0.39, 0.29) is 18.4 Å². The van der Waals surface area contributed by atoms with Crippen LogP contribution in [0.5, 0.6) is 0 Å². The van der Waals surface area contributed by atoms with Crippen LogP contribution < -0.4 is 4.72 Å². The Morgan fingerprint density at radius 2 is 2.00 bits per heavy atom. The van der Waals surface area contributed by atoms with Crippen molar-refractivity contribution in [3.05, 3.63) is 0 Å². The van der Waals surface area contributed by atoms with Crippen LogP contribution >= 0.6 is 11.8 Å². The Hall–Kier alpha value is 0.220. The number of aliphatic hydroxyl groups is 1.